The standard InChI is InChI=1S/C18H26N2O4/c1-5-6-17(21)19-7-9-20(10-8-19)18(22)14-12-16(24-4)15(23-3)11-13(14)2/h11-12H,5-10H2,1-4H3. The predicted molar refractivity (Wildman–Crippen MR) is 91.7 cm³/mol. The second-order valence-electron chi connectivity index (χ2n) is 5.95. The molecular formula is C18H26N2O4. The van der Waals surface area contributed by atoms with Crippen molar-refractivity contribution < 1.29 is 19.1 Å². The average Bonchev–Trinajstić information content (AvgIpc) is 2.61. The Morgan fingerprint density at radius 2 is 1.54 bits per heavy atom. The average molecular weight is 334 g/mol. The molecule has 0 aliphatic carbocycles. The van der Waals surface area contributed by atoms with Gasteiger partial charge in [0.15, 0.2) is 11.5 Å². The lowest BCUT2D eigenvalue weighted by atomic mass is 10.1. The molecule has 0 aromatic heterocycles. The first-order valence-electron chi connectivity index (χ1n) is 8.31. The zero-order chi connectivity index (χ0) is 17.7. The molecule has 1 aliphatic rings. The molecule has 1 aromatic rings. The maximum Gasteiger partial charge on any atom is 0.254 e. The molecule has 0 atom stereocenters. The van der Waals surface area contributed by atoms with Crippen molar-refractivity contribution in [3.63, 3.8) is 0 Å². The summed E-state index contributed by atoms with van der Waals surface area (Å²) in [6, 6.07) is 3.54. The lowest BCUT2D eigenvalue weighted by Crippen LogP contribution is -2.50. The highest BCUT2D eigenvalue weighted by Crippen LogP contribution is 2.31. The van der Waals surface area contributed by atoms with Crippen molar-refractivity contribution in [3.8, 4) is 11.5 Å². The minimum absolute atomic E-state index is 0.0314. The molecule has 1 aliphatic heterocycles. The monoisotopic (exact) mass is 334 g/mol. The summed E-state index contributed by atoms with van der Waals surface area (Å²) < 4.78 is 10.6. The van der Waals surface area contributed by atoms with Crippen molar-refractivity contribution in [1.29, 1.82) is 0 Å². The van der Waals surface area contributed by atoms with E-state index in [1.54, 1.807) is 25.2 Å². The summed E-state index contributed by atoms with van der Waals surface area (Å²) in [7, 11) is 3.13. The van der Waals surface area contributed by atoms with Gasteiger partial charge in [-0.3, -0.25) is 9.59 Å². The van der Waals surface area contributed by atoms with Crippen molar-refractivity contribution in [1.82, 2.24) is 9.80 Å². The van der Waals surface area contributed by atoms with Gasteiger partial charge in [0.1, 0.15) is 0 Å². The quantitative estimate of drug-likeness (QED) is 0.827. The van der Waals surface area contributed by atoms with Crippen molar-refractivity contribution >= 4 is 11.8 Å². The largest absolute Gasteiger partial charge is 0.493 e. The van der Waals surface area contributed by atoms with E-state index in [4.69, 9.17) is 9.47 Å². The van der Waals surface area contributed by atoms with Gasteiger partial charge in [0.25, 0.3) is 5.91 Å². The maximum absolute atomic E-state index is 12.8. The lowest BCUT2D eigenvalue weighted by Gasteiger charge is -2.35. The summed E-state index contributed by atoms with van der Waals surface area (Å²) in [5.74, 6) is 1.30. The van der Waals surface area contributed by atoms with Crippen LogP contribution in [0.2, 0.25) is 0 Å². The molecule has 1 saturated heterocycles. The number of carbonyl (C=O) groups is 2. The summed E-state index contributed by atoms with van der Waals surface area (Å²) >= 11 is 0. The van der Waals surface area contributed by atoms with E-state index < -0.39 is 0 Å². The van der Waals surface area contributed by atoms with Gasteiger partial charge in [-0.1, -0.05) is 6.92 Å². The van der Waals surface area contributed by atoms with Crippen LogP contribution in [0, 0.1) is 6.92 Å². The van der Waals surface area contributed by atoms with E-state index in [-0.39, 0.29) is 11.8 Å². The second kappa shape index (κ2) is 8.04. The van der Waals surface area contributed by atoms with Crippen LogP contribution in [0.15, 0.2) is 12.1 Å². The number of rotatable bonds is 5. The minimum Gasteiger partial charge on any atom is -0.493 e. The number of ether oxygens (including phenoxy) is 2. The fourth-order valence-electron chi connectivity index (χ4n) is 2.91. The van der Waals surface area contributed by atoms with E-state index >= 15 is 0 Å². The van der Waals surface area contributed by atoms with Crippen LogP contribution in [0.25, 0.3) is 0 Å². The summed E-state index contributed by atoms with van der Waals surface area (Å²) in [5, 5.41) is 0. The van der Waals surface area contributed by atoms with E-state index in [1.807, 2.05) is 24.8 Å². The van der Waals surface area contributed by atoms with Gasteiger partial charge in [-0.05, 0) is 31.0 Å². The lowest BCUT2D eigenvalue weighted by molar-refractivity contribution is -0.132. The number of methoxy groups -OCH3 is 2. The van der Waals surface area contributed by atoms with Crippen molar-refractivity contribution in [2.75, 3.05) is 40.4 Å². The number of aryl methyl sites for hydroxylation is 1. The van der Waals surface area contributed by atoms with Crippen LogP contribution in [0.4, 0.5) is 0 Å². The minimum atomic E-state index is -0.0314. The van der Waals surface area contributed by atoms with Gasteiger partial charge in [0.05, 0.1) is 14.2 Å². The van der Waals surface area contributed by atoms with Gasteiger partial charge in [-0.25, -0.2) is 0 Å². The number of benzene rings is 1. The van der Waals surface area contributed by atoms with E-state index in [1.165, 1.54) is 0 Å². The van der Waals surface area contributed by atoms with Crippen LogP contribution in [0.3, 0.4) is 0 Å². The normalized spacial score (nSPS) is 14.5. The number of nitrogens with zero attached hydrogens (tertiary/aromatic N) is 2. The molecule has 132 valence electrons. The molecule has 6 heteroatoms. The molecule has 0 unspecified atom stereocenters. The number of hydrogen-bond donors (Lipinski definition) is 0. The van der Waals surface area contributed by atoms with E-state index in [0.29, 0.717) is 49.7 Å². The molecule has 1 aromatic carbocycles. The number of amides is 2. The third-order valence-electron chi connectivity index (χ3n) is 4.34. The first kappa shape index (κ1) is 18.1. The zero-order valence-electron chi connectivity index (χ0n) is 14.9. The fraction of sp³-hybridized carbons (Fsp3) is 0.556. The topological polar surface area (TPSA) is 59.1 Å². The molecule has 0 bridgehead atoms. The fourth-order valence-corrected chi connectivity index (χ4v) is 2.91. The Hall–Kier alpha value is -2.24. The van der Waals surface area contributed by atoms with Crippen molar-refractivity contribution in [2.45, 2.75) is 26.7 Å². The summed E-state index contributed by atoms with van der Waals surface area (Å²) in [6.45, 7) is 6.19. The van der Waals surface area contributed by atoms with Gasteiger partial charge in [0, 0.05) is 38.2 Å². The summed E-state index contributed by atoms with van der Waals surface area (Å²) in [4.78, 5) is 28.4. The molecule has 1 fully saturated rings. The molecule has 0 N–H and O–H groups in total. The Bertz CT molecular complexity index is 607. The van der Waals surface area contributed by atoms with E-state index in [0.717, 1.165) is 12.0 Å². The third kappa shape index (κ3) is 3.80. The SMILES string of the molecule is CCCC(=O)N1CCN(C(=O)c2cc(OC)c(OC)cc2C)CC1. The Morgan fingerprint density at radius 3 is 2.08 bits per heavy atom. The second-order valence-corrected chi connectivity index (χ2v) is 5.95. The van der Waals surface area contributed by atoms with Gasteiger partial charge >= 0.3 is 0 Å². The molecule has 0 spiro atoms. The summed E-state index contributed by atoms with van der Waals surface area (Å²) in [6.07, 6.45) is 1.42. The summed E-state index contributed by atoms with van der Waals surface area (Å²) in [5.41, 5.74) is 1.46. The Kier molecular flexibility index (Phi) is 6.06. The van der Waals surface area contributed by atoms with Gasteiger partial charge in [-0.15, -0.1) is 0 Å². The molecule has 2 amide bonds. The Morgan fingerprint density at radius 1 is 1.00 bits per heavy atom. The molecule has 0 radical (unpaired) electrons. The Balaban J connectivity index is 2.09. The van der Waals surface area contributed by atoms with Gasteiger partial charge < -0.3 is 19.3 Å². The van der Waals surface area contributed by atoms with E-state index in [2.05, 4.69) is 0 Å². The molecule has 2 rings (SSSR count). The van der Waals surface area contributed by atoms with Crippen LogP contribution in [0.5, 0.6) is 11.5 Å². The van der Waals surface area contributed by atoms with Crippen LogP contribution in [-0.2, 0) is 4.79 Å². The van der Waals surface area contributed by atoms with Crippen LogP contribution in [-0.4, -0.2) is 62.0 Å². The van der Waals surface area contributed by atoms with Crippen molar-refractivity contribution in [3.05, 3.63) is 23.3 Å². The number of piperazine rings is 1. The van der Waals surface area contributed by atoms with Gasteiger partial charge in [0.2, 0.25) is 5.91 Å². The zero-order valence-corrected chi connectivity index (χ0v) is 14.9. The van der Waals surface area contributed by atoms with Crippen LogP contribution >= 0.6 is 0 Å². The predicted octanol–water partition coefficient (Wildman–Crippen LogP) is 2.10. The number of hydrogen-bond acceptors (Lipinski definition) is 4. The van der Waals surface area contributed by atoms with Crippen LogP contribution in [0.1, 0.15) is 35.7 Å². The molecule has 6 nitrogen and oxygen atoms in total. The molecule has 1 heterocycles. The first-order chi connectivity index (χ1) is 11.5. The smallest absolute Gasteiger partial charge is 0.254 e. The number of carbonyl (C=O) groups excluding carboxylic acids is 2. The van der Waals surface area contributed by atoms with Gasteiger partial charge in [-0.2, -0.15) is 0 Å². The molecule has 24 heavy (non-hydrogen) atoms. The highest BCUT2D eigenvalue weighted by atomic mass is 16.5. The third-order valence-corrected chi connectivity index (χ3v) is 4.34. The van der Waals surface area contributed by atoms with Crippen molar-refractivity contribution in [2.24, 2.45) is 0 Å². The highest BCUT2D eigenvalue weighted by Gasteiger charge is 2.26. The van der Waals surface area contributed by atoms with E-state index in [9.17, 15) is 9.59 Å². The maximum atomic E-state index is 12.8. The molecular weight excluding hydrogens is 308 g/mol. The molecule has 0 saturated carbocycles. The Labute approximate surface area is 143 Å². The van der Waals surface area contributed by atoms with Crippen LogP contribution < -0.4 is 9.47 Å². The first-order valence-corrected chi connectivity index (χ1v) is 8.31. The highest BCUT2D eigenvalue weighted by molar-refractivity contribution is 5.96.